The van der Waals surface area contributed by atoms with E-state index in [1.807, 2.05) is 25.1 Å². The summed E-state index contributed by atoms with van der Waals surface area (Å²) in [6.07, 6.45) is 6.08. The molecule has 0 spiro atoms. The van der Waals surface area contributed by atoms with E-state index in [-0.39, 0.29) is 18.6 Å². The molecular weight excluding hydrogens is 240 g/mol. The van der Waals surface area contributed by atoms with Crippen molar-refractivity contribution in [2.75, 3.05) is 17.7 Å². The van der Waals surface area contributed by atoms with Crippen LogP contribution in [0.4, 0.5) is 11.4 Å². The third-order valence-corrected chi connectivity index (χ3v) is 3.48. The number of nitrogen functional groups attached to an aromatic ring is 1. The molecule has 0 radical (unpaired) electrons. The summed E-state index contributed by atoms with van der Waals surface area (Å²) in [7, 11) is 0. The van der Waals surface area contributed by atoms with Crippen LogP contribution >= 0.6 is 0 Å². The molecule has 19 heavy (non-hydrogen) atoms. The van der Waals surface area contributed by atoms with E-state index in [9.17, 15) is 4.79 Å². The second-order valence-electron chi connectivity index (χ2n) is 5.21. The zero-order chi connectivity index (χ0) is 13.7. The fourth-order valence-corrected chi connectivity index (χ4v) is 2.41. The maximum atomic E-state index is 11.8. The van der Waals surface area contributed by atoms with Gasteiger partial charge in [-0.3, -0.25) is 4.79 Å². The Morgan fingerprint density at radius 3 is 2.79 bits per heavy atom. The molecule has 1 aliphatic rings. The largest absolute Gasteiger partial charge is 0.397 e. The Balaban J connectivity index is 1.80. The number of nitrogens with two attached hydrogens (primary N) is 1. The first kappa shape index (κ1) is 13.9. The van der Waals surface area contributed by atoms with Crippen LogP contribution in [0.1, 0.15) is 37.7 Å². The van der Waals surface area contributed by atoms with Crippen LogP contribution in [0.25, 0.3) is 0 Å². The summed E-state index contributed by atoms with van der Waals surface area (Å²) < 4.78 is 5.63. The number of amides is 1. The van der Waals surface area contributed by atoms with Crippen LogP contribution in [0.3, 0.4) is 0 Å². The van der Waals surface area contributed by atoms with Gasteiger partial charge < -0.3 is 15.8 Å². The van der Waals surface area contributed by atoms with Crippen LogP contribution in [0.15, 0.2) is 18.2 Å². The Labute approximate surface area is 114 Å². The van der Waals surface area contributed by atoms with Crippen LogP contribution in [-0.2, 0) is 9.53 Å². The van der Waals surface area contributed by atoms with Crippen molar-refractivity contribution in [3.05, 3.63) is 23.8 Å². The van der Waals surface area contributed by atoms with Gasteiger partial charge in [0.25, 0.3) is 0 Å². The van der Waals surface area contributed by atoms with Gasteiger partial charge in [0, 0.05) is 0 Å². The molecule has 0 heterocycles. The van der Waals surface area contributed by atoms with E-state index in [1.165, 1.54) is 19.3 Å². The lowest BCUT2D eigenvalue weighted by molar-refractivity contribution is -0.123. The fraction of sp³-hybridized carbons (Fsp3) is 0.533. The van der Waals surface area contributed by atoms with Crippen molar-refractivity contribution in [2.45, 2.75) is 45.1 Å². The molecule has 0 bridgehead atoms. The second kappa shape index (κ2) is 6.57. The van der Waals surface area contributed by atoms with Crippen molar-refractivity contribution < 1.29 is 9.53 Å². The van der Waals surface area contributed by atoms with Crippen molar-refractivity contribution >= 4 is 17.3 Å². The molecule has 0 unspecified atom stereocenters. The Morgan fingerprint density at radius 1 is 1.37 bits per heavy atom. The number of nitrogens with one attached hydrogen (secondary N) is 1. The van der Waals surface area contributed by atoms with Crippen LogP contribution in [-0.4, -0.2) is 18.6 Å². The third kappa shape index (κ3) is 4.24. The van der Waals surface area contributed by atoms with Crippen molar-refractivity contribution in [2.24, 2.45) is 0 Å². The number of aryl methyl sites for hydroxylation is 1. The molecule has 0 atom stereocenters. The van der Waals surface area contributed by atoms with E-state index < -0.39 is 0 Å². The first-order valence-electron chi connectivity index (χ1n) is 6.93. The minimum Gasteiger partial charge on any atom is -0.397 e. The summed E-state index contributed by atoms with van der Waals surface area (Å²) in [5.41, 5.74) is 8.18. The van der Waals surface area contributed by atoms with Crippen molar-refractivity contribution in [1.82, 2.24) is 0 Å². The first-order chi connectivity index (χ1) is 9.15. The van der Waals surface area contributed by atoms with Gasteiger partial charge in [-0.25, -0.2) is 0 Å². The molecule has 0 aromatic heterocycles. The zero-order valence-electron chi connectivity index (χ0n) is 11.4. The van der Waals surface area contributed by atoms with Gasteiger partial charge in [-0.05, 0) is 37.5 Å². The van der Waals surface area contributed by atoms with E-state index in [1.54, 1.807) is 0 Å². The van der Waals surface area contributed by atoms with Crippen LogP contribution < -0.4 is 11.1 Å². The number of ether oxygens (including phenoxy) is 1. The fourth-order valence-electron chi connectivity index (χ4n) is 2.41. The van der Waals surface area contributed by atoms with Gasteiger partial charge in [0.15, 0.2) is 0 Å². The minimum absolute atomic E-state index is 0.109. The Morgan fingerprint density at radius 2 is 2.11 bits per heavy atom. The average Bonchev–Trinajstić information content (AvgIpc) is 2.41. The first-order valence-corrected chi connectivity index (χ1v) is 6.93. The van der Waals surface area contributed by atoms with Gasteiger partial charge >= 0.3 is 0 Å². The molecule has 1 saturated carbocycles. The van der Waals surface area contributed by atoms with Crippen LogP contribution in [0, 0.1) is 6.92 Å². The van der Waals surface area contributed by atoms with Gasteiger partial charge in [0.05, 0.1) is 17.5 Å². The highest BCUT2D eigenvalue weighted by molar-refractivity contribution is 5.94. The molecule has 3 N–H and O–H groups in total. The standard InChI is InChI=1S/C15H22N2O2/c1-11-7-8-14(13(16)9-11)17-15(18)10-19-12-5-3-2-4-6-12/h7-9,12H,2-6,10,16H2,1H3,(H,17,18). The predicted molar refractivity (Wildman–Crippen MR) is 77.0 cm³/mol. The molecule has 4 heteroatoms. The normalized spacial score (nSPS) is 16.3. The topological polar surface area (TPSA) is 64.3 Å². The highest BCUT2D eigenvalue weighted by Gasteiger charge is 2.15. The SMILES string of the molecule is Cc1ccc(NC(=O)COC2CCCCC2)c(N)c1. The zero-order valence-corrected chi connectivity index (χ0v) is 11.4. The molecule has 2 rings (SSSR count). The summed E-state index contributed by atoms with van der Waals surface area (Å²) in [5, 5.41) is 2.79. The highest BCUT2D eigenvalue weighted by atomic mass is 16.5. The molecule has 1 fully saturated rings. The number of benzene rings is 1. The van der Waals surface area contributed by atoms with Gasteiger partial charge in [0.2, 0.25) is 5.91 Å². The summed E-state index contributed by atoms with van der Waals surface area (Å²) in [5.74, 6) is -0.138. The number of hydrogen-bond acceptors (Lipinski definition) is 3. The van der Waals surface area contributed by atoms with Crippen LogP contribution in [0.5, 0.6) is 0 Å². The van der Waals surface area contributed by atoms with Gasteiger partial charge in [0.1, 0.15) is 6.61 Å². The van der Waals surface area contributed by atoms with E-state index in [0.29, 0.717) is 11.4 Å². The molecular formula is C15H22N2O2. The smallest absolute Gasteiger partial charge is 0.250 e. The molecule has 104 valence electrons. The number of carbonyl (C=O) groups is 1. The molecule has 1 amide bonds. The lowest BCUT2D eigenvalue weighted by atomic mass is 9.98. The maximum absolute atomic E-state index is 11.8. The summed E-state index contributed by atoms with van der Waals surface area (Å²) >= 11 is 0. The number of hydrogen-bond donors (Lipinski definition) is 2. The molecule has 0 aliphatic heterocycles. The molecule has 1 aliphatic carbocycles. The molecule has 1 aromatic rings. The summed E-state index contributed by atoms with van der Waals surface area (Å²) in [4.78, 5) is 11.8. The van der Waals surface area contributed by atoms with Gasteiger partial charge in [-0.2, -0.15) is 0 Å². The lowest BCUT2D eigenvalue weighted by Crippen LogP contribution is -2.25. The second-order valence-corrected chi connectivity index (χ2v) is 5.21. The number of rotatable bonds is 4. The van der Waals surface area contributed by atoms with E-state index in [2.05, 4.69) is 5.32 Å². The van der Waals surface area contributed by atoms with Gasteiger partial charge in [-0.15, -0.1) is 0 Å². The van der Waals surface area contributed by atoms with Crippen molar-refractivity contribution in [3.8, 4) is 0 Å². The Bertz CT molecular complexity index is 440. The number of carbonyl (C=O) groups excluding carboxylic acids is 1. The Hall–Kier alpha value is -1.55. The maximum Gasteiger partial charge on any atom is 0.250 e. The Kier molecular flexibility index (Phi) is 4.80. The number of anilines is 2. The van der Waals surface area contributed by atoms with E-state index in [0.717, 1.165) is 18.4 Å². The minimum atomic E-state index is -0.138. The van der Waals surface area contributed by atoms with E-state index in [4.69, 9.17) is 10.5 Å². The molecule has 4 nitrogen and oxygen atoms in total. The molecule has 0 saturated heterocycles. The monoisotopic (exact) mass is 262 g/mol. The predicted octanol–water partition coefficient (Wildman–Crippen LogP) is 2.87. The molecule has 1 aromatic carbocycles. The average molecular weight is 262 g/mol. The highest BCUT2D eigenvalue weighted by Crippen LogP contribution is 2.21. The van der Waals surface area contributed by atoms with Crippen LogP contribution in [0.2, 0.25) is 0 Å². The quantitative estimate of drug-likeness (QED) is 0.820. The van der Waals surface area contributed by atoms with Gasteiger partial charge in [-0.1, -0.05) is 25.3 Å². The third-order valence-electron chi connectivity index (χ3n) is 3.48. The van der Waals surface area contributed by atoms with Crippen molar-refractivity contribution in [3.63, 3.8) is 0 Å². The van der Waals surface area contributed by atoms with Crippen molar-refractivity contribution in [1.29, 1.82) is 0 Å². The van der Waals surface area contributed by atoms with E-state index >= 15 is 0 Å². The summed E-state index contributed by atoms with van der Waals surface area (Å²) in [6, 6.07) is 5.59. The lowest BCUT2D eigenvalue weighted by Gasteiger charge is -2.21. The summed E-state index contributed by atoms with van der Waals surface area (Å²) in [6.45, 7) is 2.08.